The maximum atomic E-state index is 12.3. The highest BCUT2D eigenvalue weighted by atomic mass is 16.5. The fourth-order valence-electron chi connectivity index (χ4n) is 3.09. The molecule has 0 atom stereocenters. The van der Waals surface area contributed by atoms with Gasteiger partial charge in [-0.3, -0.25) is 9.59 Å². The molecule has 27 heavy (non-hydrogen) atoms. The van der Waals surface area contributed by atoms with Crippen LogP contribution in [-0.2, 0) is 11.3 Å². The zero-order valence-corrected chi connectivity index (χ0v) is 15.5. The summed E-state index contributed by atoms with van der Waals surface area (Å²) in [7, 11) is 1.60. The zero-order chi connectivity index (χ0) is 19.1. The first-order valence-corrected chi connectivity index (χ1v) is 9.14. The molecule has 1 aliphatic heterocycles. The lowest BCUT2D eigenvalue weighted by Gasteiger charge is -2.15. The van der Waals surface area contributed by atoms with Crippen molar-refractivity contribution in [2.24, 2.45) is 0 Å². The van der Waals surface area contributed by atoms with Crippen LogP contribution in [0.2, 0.25) is 0 Å². The molecule has 2 aromatic rings. The van der Waals surface area contributed by atoms with Crippen molar-refractivity contribution in [1.29, 1.82) is 0 Å². The van der Waals surface area contributed by atoms with E-state index in [2.05, 4.69) is 5.32 Å². The van der Waals surface area contributed by atoms with Gasteiger partial charge < -0.3 is 15.0 Å². The van der Waals surface area contributed by atoms with Crippen LogP contribution in [0, 0.1) is 0 Å². The quantitative estimate of drug-likeness (QED) is 0.801. The van der Waals surface area contributed by atoms with Crippen LogP contribution < -0.4 is 10.1 Å². The van der Waals surface area contributed by atoms with Crippen molar-refractivity contribution in [3.05, 3.63) is 71.3 Å². The first-order chi connectivity index (χ1) is 13.2. The van der Waals surface area contributed by atoms with Gasteiger partial charge in [-0.2, -0.15) is 0 Å². The lowest BCUT2D eigenvalue weighted by atomic mass is 10.1. The molecule has 1 aliphatic rings. The number of rotatable bonds is 6. The second-order valence-corrected chi connectivity index (χ2v) is 6.49. The number of amides is 2. The Kier molecular flexibility index (Phi) is 6.26. The molecule has 0 aliphatic carbocycles. The Hall–Kier alpha value is -3.08. The third-order valence-corrected chi connectivity index (χ3v) is 4.61. The van der Waals surface area contributed by atoms with Crippen molar-refractivity contribution in [3.8, 4) is 5.75 Å². The van der Waals surface area contributed by atoms with Gasteiger partial charge in [0.1, 0.15) is 5.75 Å². The summed E-state index contributed by atoms with van der Waals surface area (Å²) in [6, 6.07) is 14.9. The van der Waals surface area contributed by atoms with E-state index in [-0.39, 0.29) is 11.8 Å². The minimum atomic E-state index is -0.182. The van der Waals surface area contributed by atoms with E-state index in [1.807, 2.05) is 53.4 Å². The maximum Gasteiger partial charge on any atom is 0.253 e. The summed E-state index contributed by atoms with van der Waals surface area (Å²) in [6.07, 6.45) is 5.38. The topological polar surface area (TPSA) is 58.6 Å². The second-order valence-electron chi connectivity index (χ2n) is 6.49. The molecule has 0 bridgehead atoms. The summed E-state index contributed by atoms with van der Waals surface area (Å²) in [5.74, 6) is 0.626. The van der Waals surface area contributed by atoms with Crippen LogP contribution in [0.4, 0.5) is 0 Å². The number of carbonyl (C=O) groups excluding carboxylic acids is 2. The Labute approximate surface area is 159 Å². The van der Waals surface area contributed by atoms with Gasteiger partial charge in [0, 0.05) is 36.8 Å². The first kappa shape index (κ1) is 18.7. The molecular formula is C22H24N2O3. The Morgan fingerprint density at radius 2 is 1.78 bits per heavy atom. The van der Waals surface area contributed by atoms with Crippen molar-refractivity contribution >= 4 is 17.9 Å². The Bertz CT molecular complexity index is 822. The largest absolute Gasteiger partial charge is 0.496 e. The minimum absolute atomic E-state index is 0.0860. The number of methoxy groups -OCH3 is 1. The van der Waals surface area contributed by atoms with Crippen LogP contribution in [0.25, 0.3) is 6.08 Å². The number of hydrogen-bond acceptors (Lipinski definition) is 3. The molecule has 0 unspecified atom stereocenters. The number of benzene rings is 2. The predicted molar refractivity (Wildman–Crippen MR) is 105 cm³/mol. The standard InChI is InChI=1S/C22H24N2O3/c1-27-20-7-3-2-6-18(20)12-13-21(25)23-16-17-8-10-19(11-9-17)22(26)24-14-4-5-15-24/h2-3,6-13H,4-5,14-16H2,1H3,(H,23,25)/b13-12+. The average molecular weight is 364 g/mol. The second kappa shape index (κ2) is 9.03. The Morgan fingerprint density at radius 3 is 2.48 bits per heavy atom. The van der Waals surface area contributed by atoms with Gasteiger partial charge in [-0.1, -0.05) is 30.3 Å². The SMILES string of the molecule is COc1ccccc1/C=C/C(=O)NCc1ccc(C(=O)N2CCCC2)cc1. The smallest absolute Gasteiger partial charge is 0.253 e. The number of nitrogens with one attached hydrogen (secondary N) is 1. The molecule has 2 aromatic carbocycles. The molecule has 0 spiro atoms. The number of carbonyl (C=O) groups is 2. The van der Waals surface area contributed by atoms with E-state index < -0.39 is 0 Å². The highest BCUT2D eigenvalue weighted by Gasteiger charge is 2.19. The van der Waals surface area contributed by atoms with E-state index in [0.717, 1.165) is 42.8 Å². The van der Waals surface area contributed by atoms with Gasteiger partial charge in [0.15, 0.2) is 0 Å². The van der Waals surface area contributed by atoms with Crippen LogP contribution in [0.5, 0.6) is 5.75 Å². The summed E-state index contributed by atoms with van der Waals surface area (Å²) in [6.45, 7) is 2.09. The van der Waals surface area contributed by atoms with Gasteiger partial charge in [-0.25, -0.2) is 0 Å². The third-order valence-electron chi connectivity index (χ3n) is 4.61. The lowest BCUT2D eigenvalue weighted by Crippen LogP contribution is -2.27. The minimum Gasteiger partial charge on any atom is -0.496 e. The molecule has 2 amide bonds. The van der Waals surface area contributed by atoms with Gasteiger partial charge in [0.25, 0.3) is 5.91 Å². The molecule has 1 saturated heterocycles. The van der Waals surface area contributed by atoms with Crippen LogP contribution >= 0.6 is 0 Å². The van der Waals surface area contributed by atoms with Gasteiger partial charge in [0.05, 0.1) is 7.11 Å². The van der Waals surface area contributed by atoms with E-state index in [4.69, 9.17) is 4.74 Å². The molecule has 5 heteroatoms. The third kappa shape index (κ3) is 4.97. The van der Waals surface area contributed by atoms with E-state index in [9.17, 15) is 9.59 Å². The van der Waals surface area contributed by atoms with E-state index in [0.29, 0.717) is 12.1 Å². The van der Waals surface area contributed by atoms with Crippen molar-refractivity contribution in [2.45, 2.75) is 19.4 Å². The summed E-state index contributed by atoms with van der Waals surface area (Å²) in [5.41, 5.74) is 2.50. The van der Waals surface area contributed by atoms with Gasteiger partial charge >= 0.3 is 0 Å². The highest BCUT2D eigenvalue weighted by molar-refractivity contribution is 5.94. The fraction of sp³-hybridized carbons (Fsp3) is 0.273. The van der Waals surface area contributed by atoms with Crippen LogP contribution in [-0.4, -0.2) is 36.9 Å². The molecule has 1 N–H and O–H groups in total. The van der Waals surface area contributed by atoms with E-state index >= 15 is 0 Å². The summed E-state index contributed by atoms with van der Waals surface area (Å²) in [5, 5.41) is 2.85. The van der Waals surface area contributed by atoms with Gasteiger partial charge in [-0.15, -0.1) is 0 Å². The molecule has 1 heterocycles. The van der Waals surface area contributed by atoms with Crippen molar-refractivity contribution in [2.75, 3.05) is 20.2 Å². The normalized spacial score (nSPS) is 13.7. The van der Waals surface area contributed by atoms with Crippen LogP contribution in [0.1, 0.15) is 34.3 Å². The van der Waals surface area contributed by atoms with Crippen molar-refractivity contribution in [3.63, 3.8) is 0 Å². The van der Waals surface area contributed by atoms with Crippen molar-refractivity contribution < 1.29 is 14.3 Å². The first-order valence-electron chi connectivity index (χ1n) is 9.14. The molecule has 0 aromatic heterocycles. The molecule has 140 valence electrons. The number of nitrogens with zero attached hydrogens (tertiary/aromatic N) is 1. The lowest BCUT2D eigenvalue weighted by molar-refractivity contribution is -0.116. The molecule has 0 saturated carbocycles. The number of hydrogen-bond donors (Lipinski definition) is 1. The summed E-state index contributed by atoms with van der Waals surface area (Å²) in [4.78, 5) is 26.3. The van der Waals surface area contributed by atoms with Gasteiger partial charge in [-0.05, 0) is 42.7 Å². The average Bonchev–Trinajstić information content (AvgIpc) is 3.25. The fourth-order valence-corrected chi connectivity index (χ4v) is 3.09. The number of para-hydroxylation sites is 1. The number of likely N-dealkylation sites (tertiary alicyclic amines) is 1. The summed E-state index contributed by atoms with van der Waals surface area (Å²) < 4.78 is 5.26. The van der Waals surface area contributed by atoms with E-state index in [1.54, 1.807) is 13.2 Å². The summed E-state index contributed by atoms with van der Waals surface area (Å²) >= 11 is 0. The van der Waals surface area contributed by atoms with E-state index in [1.165, 1.54) is 6.08 Å². The molecular weight excluding hydrogens is 340 g/mol. The Morgan fingerprint density at radius 1 is 1.07 bits per heavy atom. The number of ether oxygens (including phenoxy) is 1. The predicted octanol–water partition coefficient (Wildman–Crippen LogP) is 3.26. The molecule has 1 fully saturated rings. The molecule has 0 radical (unpaired) electrons. The molecule has 5 nitrogen and oxygen atoms in total. The monoisotopic (exact) mass is 364 g/mol. The zero-order valence-electron chi connectivity index (χ0n) is 15.5. The highest BCUT2D eigenvalue weighted by Crippen LogP contribution is 2.18. The van der Waals surface area contributed by atoms with Crippen LogP contribution in [0.3, 0.4) is 0 Å². The maximum absolute atomic E-state index is 12.3. The van der Waals surface area contributed by atoms with Gasteiger partial charge in [0.2, 0.25) is 5.91 Å². The van der Waals surface area contributed by atoms with Crippen molar-refractivity contribution in [1.82, 2.24) is 10.2 Å². The van der Waals surface area contributed by atoms with Crippen LogP contribution in [0.15, 0.2) is 54.6 Å². The Balaban J connectivity index is 1.52. The molecule has 3 rings (SSSR count).